The summed E-state index contributed by atoms with van der Waals surface area (Å²) >= 11 is 3.74. The van der Waals surface area contributed by atoms with Crippen molar-refractivity contribution in [3.05, 3.63) is 12.7 Å². The maximum absolute atomic E-state index is 9.76. The van der Waals surface area contributed by atoms with Crippen molar-refractivity contribution in [1.29, 1.82) is 0 Å². The smallest absolute Gasteiger partial charge is 0.150 e. The van der Waals surface area contributed by atoms with Crippen molar-refractivity contribution >= 4 is 20.8 Å². The minimum absolute atomic E-state index is 0.240. The summed E-state index contributed by atoms with van der Waals surface area (Å²) in [5.41, 5.74) is -0.951. The molecule has 4 nitrogen and oxygen atoms in total. The topological polar surface area (TPSA) is 47.9 Å². The standard InChI is InChI=1S/C8H11BO4S/c1-2-4(10)8-3-11-5(6(8)13-14)7(9)12-8/h2,4-7,10,14H,1,3H2/t4-,5+,6-,7+,8+/m0/s1. The van der Waals surface area contributed by atoms with Gasteiger partial charge >= 0.3 is 0 Å². The molecule has 0 aromatic rings. The molecule has 2 rings (SSSR count). The molecule has 0 aromatic heterocycles. The van der Waals surface area contributed by atoms with E-state index in [-0.39, 0.29) is 12.7 Å². The number of ether oxygens (including phenoxy) is 2. The summed E-state index contributed by atoms with van der Waals surface area (Å²) in [4.78, 5) is 0. The van der Waals surface area contributed by atoms with Gasteiger partial charge in [0.05, 0.1) is 6.61 Å². The molecular weight excluding hydrogens is 203 g/mol. The first kappa shape index (κ1) is 10.5. The van der Waals surface area contributed by atoms with Crippen molar-refractivity contribution in [2.75, 3.05) is 6.61 Å². The highest BCUT2D eigenvalue weighted by Gasteiger charge is 2.63. The van der Waals surface area contributed by atoms with Gasteiger partial charge in [0, 0.05) is 6.00 Å². The number of thiol groups is 1. The Labute approximate surface area is 89.2 Å². The number of hydrogen-bond acceptors (Lipinski definition) is 5. The van der Waals surface area contributed by atoms with Crippen LogP contribution in [-0.2, 0) is 13.7 Å². The van der Waals surface area contributed by atoms with Crippen LogP contribution in [-0.4, -0.2) is 49.5 Å². The predicted molar refractivity (Wildman–Crippen MR) is 53.2 cm³/mol. The first-order valence-corrected chi connectivity index (χ1v) is 4.68. The van der Waals surface area contributed by atoms with Crippen LogP contribution < -0.4 is 0 Å². The van der Waals surface area contributed by atoms with Crippen molar-refractivity contribution in [3.8, 4) is 0 Å². The Morgan fingerprint density at radius 2 is 2.50 bits per heavy atom. The molecule has 76 valence electrons. The number of hydrogen-bond donors (Lipinski definition) is 2. The van der Waals surface area contributed by atoms with Gasteiger partial charge < -0.3 is 18.8 Å². The van der Waals surface area contributed by atoms with Crippen LogP contribution in [0.15, 0.2) is 12.7 Å². The third kappa shape index (κ3) is 1.18. The normalized spacial score (nSPS) is 48.0. The van der Waals surface area contributed by atoms with E-state index in [0.717, 1.165) is 0 Å². The highest BCUT2D eigenvalue weighted by atomic mass is 32.1. The molecule has 2 fully saturated rings. The Kier molecular flexibility index (Phi) is 2.65. The third-order valence-electron chi connectivity index (χ3n) is 2.80. The number of aliphatic hydroxyl groups is 1. The zero-order chi connectivity index (χ0) is 10.3. The van der Waals surface area contributed by atoms with Gasteiger partial charge in [0.15, 0.2) is 0 Å². The zero-order valence-electron chi connectivity index (χ0n) is 7.50. The first-order valence-electron chi connectivity index (χ1n) is 4.31. The van der Waals surface area contributed by atoms with E-state index in [1.54, 1.807) is 0 Å². The lowest BCUT2D eigenvalue weighted by Crippen LogP contribution is -2.50. The molecule has 6 heteroatoms. The fourth-order valence-electron chi connectivity index (χ4n) is 2.03. The summed E-state index contributed by atoms with van der Waals surface area (Å²) in [5, 5.41) is 9.76. The molecule has 2 aliphatic heterocycles. The highest BCUT2D eigenvalue weighted by Crippen LogP contribution is 2.43. The molecule has 2 aliphatic rings. The van der Waals surface area contributed by atoms with E-state index in [1.807, 2.05) is 0 Å². The molecule has 5 atom stereocenters. The molecule has 0 saturated carbocycles. The highest BCUT2D eigenvalue weighted by molar-refractivity contribution is 7.75. The Morgan fingerprint density at radius 3 is 3.00 bits per heavy atom. The molecule has 0 aromatic carbocycles. The number of rotatable bonds is 3. The molecule has 0 amide bonds. The van der Waals surface area contributed by atoms with Gasteiger partial charge in [0.1, 0.15) is 31.8 Å². The number of fused-ring (bicyclic) bond motifs is 2. The Bertz CT molecular complexity index is 251. The van der Waals surface area contributed by atoms with Crippen LogP contribution >= 0.6 is 12.9 Å². The van der Waals surface area contributed by atoms with E-state index < -0.39 is 23.8 Å². The van der Waals surface area contributed by atoms with Crippen LogP contribution in [0, 0.1) is 0 Å². The lowest BCUT2D eigenvalue weighted by atomic mass is 9.89. The lowest BCUT2D eigenvalue weighted by Gasteiger charge is -2.33. The summed E-state index contributed by atoms with van der Waals surface area (Å²) < 4.78 is 15.8. The van der Waals surface area contributed by atoms with E-state index in [2.05, 4.69) is 19.5 Å². The van der Waals surface area contributed by atoms with Crippen LogP contribution in [0.25, 0.3) is 0 Å². The maximum atomic E-state index is 9.76. The van der Waals surface area contributed by atoms with E-state index in [9.17, 15) is 5.11 Å². The van der Waals surface area contributed by atoms with Gasteiger partial charge in [0.25, 0.3) is 0 Å². The fraction of sp³-hybridized carbons (Fsp3) is 0.750. The van der Waals surface area contributed by atoms with Crippen molar-refractivity contribution in [2.45, 2.75) is 29.9 Å². The average Bonchev–Trinajstić information content (AvgIpc) is 2.68. The van der Waals surface area contributed by atoms with Gasteiger partial charge in [-0.1, -0.05) is 6.08 Å². The lowest BCUT2D eigenvalue weighted by molar-refractivity contribution is -0.153. The third-order valence-corrected chi connectivity index (χ3v) is 3.03. The Hall–Kier alpha value is -0.00506. The second-order valence-electron chi connectivity index (χ2n) is 3.52. The molecule has 2 saturated heterocycles. The van der Waals surface area contributed by atoms with Crippen molar-refractivity contribution in [3.63, 3.8) is 0 Å². The molecule has 2 heterocycles. The molecule has 0 aliphatic carbocycles. The van der Waals surface area contributed by atoms with Crippen LogP contribution in [0.4, 0.5) is 0 Å². The SMILES string of the molecule is [B][C@@H]1O[C@@]2([C@@H](O)C=C)CO[C@@H]1[C@@H]2OS. The van der Waals surface area contributed by atoms with Crippen LogP contribution in [0.3, 0.4) is 0 Å². The zero-order valence-corrected chi connectivity index (χ0v) is 8.39. The molecule has 1 N–H and O–H groups in total. The molecule has 2 radical (unpaired) electrons. The first-order chi connectivity index (χ1) is 6.65. The number of aliphatic hydroxyl groups excluding tert-OH is 1. The van der Waals surface area contributed by atoms with E-state index >= 15 is 0 Å². The van der Waals surface area contributed by atoms with Gasteiger partial charge in [0.2, 0.25) is 0 Å². The van der Waals surface area contributed by atoms with Gasteiger partial charge in [-0.15, -0.1) is 6.58 Å². The van der Waals surface area contributed by atoms with Crippen LogP contribution in [0.1, 0.15) is 0 Å². The van der Waals surface area contributed by atoms with Crippen molar-refractivity contribution < 1.29 is 18.8 Å². The maximum Gasteiger partial charge on any atom is 0.150 e. The summed E-state index contributed by atoms with van der Waals surface area (Å²) in [6.45, 7) is 3.74. The summed E-state index contributed by atoms with van der Waals surface area (Å²) in [5.74, 6) is 0. The van der Waals surface area contributed by atoms with Gasteiger partial charge in [-0.3, -0.25) is 0 Å². The molecule has 0 spiro atoms. The summed E-state index contributed by atoms with van der Waals surface area (Å²) in [6.07, 6.45) is -0.335. The monoisotopic (exact) mass is 214 g/mol. The molecule has 0 unspecified atom stereocenters. The van der Waals surface area contributed by atoms with E-state index in [4.69, 9.17) is 21.5 Å². The van der Waals surface area contributed by atoms with E-state index in [1.165, 1.54) is 6.08 Å². The van der Waals surface area contributed by atoms with Crippen LogP contribution in [0.2, 0.25) is 0 Å². The largest absolute Gasteiger partial charge is 0.386 e. The molecule has 14 heavy (non-hydrogen) atoms. The minimum Gasteiger partial charge on any atom is -0.386 e. The van der Waals surface area contributed by atoms with Gasteiger partial charge in [-0.25, -0.2) is 0 Å². The van der Waals surface area contributed by atoms with Gasteiger partial charge in [-0.2, -0.15) is 0 Å². The molecule has 2 bridgehead atoms. The summed E-state index contributed by atoms with van der Waals surface area (Å²) in [7, 11) is 5.66. The predicted octanol–water partition coefficient (Wildman–Crippen LogP) is -0.574. The second kappa shape index (κ2) is 3.54. The van der Waals surface area contributed by atoms with E-state index in [0.29, 0.717) is 0 Å². The second-order valence-corrected chi connectivity index (χ2v) is 3.73. The van der Waals surface area contributed by atoms with Crippen molar-refractivity contribution in [1.82, 2.24) is 0 Å². The average molecular weight is 214 g/mol. The Balaban J connectivity index is 2.29. The van der Waals surface area contributed by atoms with Gasteiger partial charge in [-0.05, 0) is 12.9 Å². The Morgan fingerprint density at radius 1 is 1.79 bits per heavy atom. The molecular formula is C8H11BO4S. The van der Waals surface area contributed by atoms with Crippen molar-refractivity contribution in [2.24, 2.45) is 0 Å². The minimum atomic E-state index is -0.951. The fourth-order valence-corrected chi connectivity index (χ4v) is 2.33. The quantitative estimate of drug-likeness (QED) is 0.286. The summed E-state index contributed by atoms with van der Waals surface area (Å²) in [6, 6.07) is -0.588. The van der Waals surface area contributed by atoms with Crippen LogP contribution in [0.5, 0.6) is 0 Å².